The fourth-order valence-electron chi connectivity index (χ4n) is 0.858. The van der Waals surface area contributed by atoms with Gasteiger partial charge in [0.2, 0.25) is 10.0 Å². The molecule has 4 nitrogen and oxygen atoms in total. The van der Waals surface area contributed by atoms with Gasteiger partial charge >= 0.3 is 0 Å². The van der Waals surface area contributed by atoms with Gasteiger partial charge in [-0.15, -0.1) is 0 Å². The lowest BCUT2D eigenvalue weighted by atomic mass is 10.3. The third-order valence-electron chi connectivity index (χ3n) is 1.48. The Morgan fingerprint density at radius 3 is 2.47 bits per heavy atom. The largest absolute Gasteiger partial charge is 0.266 e. The summed E-state index contributed by atoms with van der Waals surface area (Å²) in [5.74, 6) is 0. The van der Waals surface area contributed by atoms with Crippen molar-refractivity contribution in [1.82, 2.24) is 4.98 Å². The van der Waals surface area contributed by atoms with Crippen LogP contribution in [0.3, 0.4) is 0 Å². The van der Waals surface area contributed by atoms with E-state index in [1.54, 1.807) is 0 Å². The molecule has 0 saturated heterocycles. The fraction of sp³-hybridized carbons (Fsp3) is 0.167. The average molecular weight is 413 g/mol. The molecule has 0 fully saturated rings. The number of primary sulfonamides is 1. The average Bonchev–Trinajstić information content (AvgIpc) is 2.00. The predicted molar refractivity (Wildman–Crippen MR) is 61.0 cm³/mol. The molecule has 0 radical (unpaired) electrons. The third kappa shape index (κ3) is 2.82. The number of halogens is 4. The summed E-state index contributed by atoms with van der Waals surface area (Å²) in [6.45, 7) is 0. The van der Waals surface area contributed by atoms with E-state index in [1.165, 1.54) is 22.6 Å². The van der Waals surface area contributed by atoms with E-state index >= 15 is 0 Å². The van der Waals surface area contributed by atoms with Crippen molar-refractivity contribution in [3.8, 4) is 0 Å². The third-order valence-corrected chi connectivity index (χ3v) is 4.84. The number of nitrogens with zero attached hydrogens (tertiary/aromatic N) is 1. The summed E-state index contributed by atoms with van der Waals surface area (Å²) in [5.41, 5.74) is -0.456. The van der Waals surface area contributed by atoms with E-state index in [4.69, 9.17) is 5.14 Å². The highest BCUT2D eigenvalue weighted by molar-refractivity contribution is 14.1. The zero-order valence-electron chi connectivity index (χ0n) is 6.92. The standard InChI is InChI=1S/C6H4BrF2IN2O2S/c7-5-4(15(11,13)14)3(10)2(1-12-5)6(8)9/h1,6H,(H2,11,13,14). The Labute approximate surface area is 107 Å². The van der Waals surface area contributed by atoms with Crippen LogP contribution in [0.2, 0.25) is 0 Å². The molecular weight excluding hydrogens is 409 g/mol. The van der Waals surface area contributed by atoms with Crippen LogP contribution in [-0.4, -0.2) is 13.4 Å². The van der Waals surface area contributed by atoms with Gasteiger partial charge in [0.05, 0.1) is 5.56 Å². The van der Waals surface area contributed by atoms with Crippen molar-refractivity contribution in [2.24, 2.45) is 5.14 Å². The van der Waals surface area contributed by atoms with Gasteiger partial charge in [-0.2, -0.15) is 0 Å². The van der Waals surface area contributed by atoms with Gasteiger partial charge in [-0.3, -0.25) is 0 Å². The van der Waals surface area contributed by atoms with Crippen LogP contribution in [0, 0.1) is 3.57 Å². The molecule has 2 N–H and O–H groups in total. The molecular formula is C6H4BrF2IN2O2S. The maximum Gasteiger partial charge on any atom is 0.266 e. The van der Waals surface area contributed by atoms with Crippen molar-refractivity contribution in [3.05, 3.63) is 19.9 Å². The highest BCUT2D eigenvalue weighted by Gasteiger charge is 2.24. The lowest BCUT2D eigenvalue weighted by Crippen LogP contribution is -2.16. The van der Waals surface area contributed by atoms with E-state index in [0.29, 0.717) is 0 Å². The summed E-state index contributed by atoms with van der Waals surface area (Å²) in [6.07, 6.45) is -1.89. The van der Waals surface area contributed by atoms with E-state index in [1.807, 2.05) is 0 Å². The van der Waals surface area contributed by atoms with Gasteiger partial charge in [0, 0.05) is 9.77 Å². The molecule has 15 heavy (non-hydrogen) atoms. The smallest absolute Gasteiger partial charge is 0.247 e. The number of pyridine rings is 1. The molecule has 0 aliphatic heterocycles. The van der Waals surface area contributed by atoms with E-state index in [0.717, 1.165) is 6.20 Å². The molecule has 0 atom stereocenters. The highest BCUT2D eigenvalue weighted by atomic mass is 127. The number of alkyl halides is 2. The summed E-state index contributed by atoms with van der Waals surface area (Å²) >= 11 is 4.34. The van der Waals surface area contributed by atoms with Crippen molar-refractivity contribution < 1.29 is 17.2 Å². The van der Waals surface area contributed by atoms with E-state index in [-0.39, 0.29) is 8.17 Å². The quantitative estimate of drug-likeness (QED) is 0.596. The molecule has 1 rings (SSSR count). The van der Waals surface area contributed by atoms with Gasteiger partial charge < -0.3 is 0 Å². The van der Waals surface area contributed by atoms with Crippen molar-refractivity contribution in [2.75, 3.05) is 0 Å². The lowest BCUT2D eigenvalue weighted by Gasteiger charge is -2.08. The molecule has 0 amide bonds. The molecule has 84 valence electrons. The van der Waals surface area contributed by atoms with Crippen molar-refractivity contribution in [3.63, 3.8) is 0 Å². The Morgan fingerprint density at radius 1 is 1.53 bits per heavy atom. The minimum absolute atomic E-state index is 0.0706. The van der Waals surface area contributed by atoms with Crippen LogP contribution in [0.4, 0.5) is 8.78 Å². The number of sulfonamides is 1. The van der Waals surface area contributed by atoms with Gasteiger partial charge in [-0.05, 0) is 38.5 Å². The van der Waals surface area contributed by atoms with Crippen molar-refractivity contribution in [2.45, 2.75) is 11.3 Å². The summed E-state index contributed by atoms with van der Waals surface area (Å²) in [6, 6.07) is 0. The van der Waals surface area contributed by atoms with E-state index in [9.17, 15) is 17.2 Å². The SMILES string of the molecule is NS(=O)(=O)c1c(Br)ncc(C(F)F)c1I. The predicted octanol–water partition coefficient (Wildman–Crippen LogP) is 2.03. The van der Waals surface area contributed by atoms with Crippen LogP contribution < -0.4 is 5.14 Å². The maximum absolute atomic E-state index is 12.4. The number of rotatable bonds is 2. The zero-order valence-corrected chi connectivity index (χ0v) is 11.5. The number of hydrogen-bond donors (Lipinski definition) is 1. The molecule has 1 aromatic heterocycles. The Kier molecular flexibility index (Phi) is 4.01. The first-order valence-corrected chi connectivity index (χ1v) is 6.81. The molecule has 1 aromatic rings. The second-order valence-corrected chi connectivity index (χ2v) is 5.82. The first-order chi connectivity index (χ1) is 6.75. The topological polar surface area (TPSA) is 73.1 Å². The second kappa shape index (κ2) is 4.55. The Hall–Kier alpha value is 0.130. The first-order valence-electron chi connectivity index (χ1n) is 3.40. The van der Waals surface area contributed by atoms with Crippen LogP contribution in [-0.2, 0) is 10.0 Å². The summed E-state index contributed by atoms with van der Waals surface area (Å²) in [5, 5.41) is 4.88. The van der Waals surface area contributed by atoms with Gasteiger partial charge in [-0.1, -0.05) is 0 Å². The Balaban J connectivity index is 3.59. The van der Waals surface area contributed by atoms with E-state index < -0.39 is 26.9 Å². The molecule has 0 aromatic carbocycles. The van der Waals surface area contributed by atoms with Crippen LogP contribution in [0.25, 0.3) is 0 Å². The normalized spacial score (nSPS) is 12.1. The first kappa shape index (κ1) is 13.2. The number of nitrogens with two attached hydrogens (primary N) is 1. The molecule has 0 aliphatic carbocycles. The molecule has 1 heterocycles. The van der Waals surface area contributed by atoms with Crippen LogP contribution in [0.1, 0.15) is 12.0 Å². The molecule has 0 unspecified atom stereocenters. The molecule has 9 heteroatoms. The van der Waals surface area contributed by atoms with Gasteiger partial charge in [0.25, 0.3) is 6.43 Å². The van der Waals surface area contributed by atoms with Crippen LogP contribution in [0.15, 0.2) is 15.7 Å². The highest BCUT2D eigenvalue weighted by Crippen LogP contribution is 2.31. The molecule has 0 spiro atoms. The monoisotopic (exact) mass is 412 g/mol. The fourth-order valence-corrected chi connectivity index (χ4v) is 4.41. The van der Waals surface area contributed by atoms with Crippen molar-refractivity contribution >= 4 is 48.5 Å². The van der Waals surface area contributed by atoms with Gasteiger partial charge in [-0.25, -0.2) is 27.3 Å². The molecule has 0 bridgehead atoms. The second-order valence-electron chi connectivity index (χ2n) is 2.49. The Bertz CT molecular complexity index is 494. The Morgan fingerprint density at radius 2 is 2.07 bits per heavy atom. The summed E-state index contributed by atoms with van der Waals surface area (Å²) in [7, 11) is -4.07. The van der Waals surface area contributed by atoms with Gasteiger partial charge in [0.15, 0.2) is 0 Å². The maximum atomic E-state index is 12.4. The minimum atomic E-state index is -4.07. The lowest BCUT2D eigenvalue weighted by molar-refractivity contribution is 0.149. The summed E-state index contributed by atoms with van der Waals surface area (Å²) < 4.78 is 46.9. The number of hydrogen-bond acceptors (Lipinski definition) is 3. The van der Waals surface area contributed by atoms with E-state index in [2.05, 4.69) is 20.9 Å². The van der Waals surface area contributed by atoms with Crippen LogP contribution in [0.5, 0.6) is 0 Å². The van der Waals surface area contributed by atoms with Crippen LogP contribution >= 0.6 is 38.5 Å². The number of aromatic nitrogens is 1. The minimum Gasteiger partial charge on any atom is -0.247 e. The zero-order chi connectivity index (χ0) is 11.8. The van der Waals surface area contributed by atoms with Crippen molar-refractivity contribution in [1.29, 1.82) is 0 Å². The molecule has 0 saturated carbocycles. The molecule has 0 aliphatic rings. The summed E-state index contributed by atoms with van der Waals surface area (Å²) in [4.78, 5) is 3.08. The van der Waals surface area contributed by atoms with Gasteiger partial charge in [0.1, 0.15) is 9.50 Å².